The van der Waals surface area contributed by atoms with Crippen LogP contribution in [0.1, 0.15) is 61.7 Å². The van der Waals surface area contributed by atoms with Crippen molar-refractivity contribution in [2.45, 2.75) is 57.4 Å². The van der Waals surface area contributed by atoms with Crippen LogP contribution >= 0.6 is 0 Å². The molecule has 24 heavy (non-hydrogen) atoms. The first-order valence-electron chi connectivity index (χ1n) is 9.36. The summed E-state index contributed by atoms with van der Waals surface area (Å²) in [5.41, 5.74) is 0.702. The van der Waals surface area contributed by atoms with Crippen molar-refractivity contribution in [2.75, 3.05) is 13.1 Å². The highest BCUT2D eigenvalue weighted by molar-refractivity contribution is 5.94. The summed E-state index contributed by atoms with van der Waals surface area (Å²) in [7, 11) is 0. The zero-order chi connectivity index (χ0) is 16.8. The van der Waals surface area contributed by atoms with E-state index in [0.717, 1.165) is 32.4 Å². The summed E-state index contributed by atoms with van der Waals surface area (Å²) in [4.78, 5) is 26.7. The fourth-order valence-corrected chi connectivity index (χ4v) is 3.90. The van der Waals surface area contributed by atoms with Crippen LogP contribution in [0.15, 0.2) is 30.3 Å². The third-order valence-electron chi connectivity index (χ3n) is 5.41. The van der Waals surface area contributed by atoms with E-state index in [0.29, 0.717) is 17.4 Å². The number of nitrogens with one attached hydrogen (secondary N) is 1. The predicted octanol–water partition coefficient (Wildman–Crippen LogP) is 3.38. The lowest BCUT2D eigenvalue weighted by Gasteiger charge is -2.33. The molecule has 0 spiro atoms. The molecule has 4 heteroatoms. The Hall–Kier alpha value is -1.84. The van der Waals surface area contributed by atoms with Crippen LogP contribution in [-0.4, -0.2) is 35.8 Å². The van der Waals surface area contributed by atoms with Crippen molar-refractivity contribution in [3.63, 3.8) is 0 Å². The van der Waals surface area contributed by atoms with Crippen molar-refractivity contribution in [3.8, 4) is 0 Å². The third kappa shape index (κ3) is 4.59. The lowest BCUT2D eigenvalue weighted by molar-refractivity contribution is -0.133. The summed E-state index contributed by atoms with van der Waals surface area (Å²) in [6, 6.07) is 9.50. The van der Waals surface area contributed by atoms with Crippen LogP contribution in [0, 0.1) is 5.92 Å². The smallest absolute Gasteiger partial charge is 0.251 e. The van der Waals surface area contributed by atoms with E-state index in [4.69, 9.17) is 0 Å². The maximum Gasteiger partial charge on any atom is 0.251 e. The average molecular weight is 328 g/mol. The summed E-state index contributed by atoms with van der Waals surface area (Å²) in [5.74, 6) is 0.902. The fourth-order valence-electron chi connectivity index (χ4n) is 3.90. The molecule has 1 heterocycles. The van der Waals surface area contributed by atoms with Crippen molar-refractivity contribution in [2.24, 2.45) is 5.92 Å². The first-order chi connectivity index (χ1) is 11.7. The van der Waals surface area contributed by atoms with E-state index in [2.05, 4.69) is 5.32 Å². The minimum absolute atomic E-state index is 0.0115. The maximum atomic E-state index is 12.5. The Morgan fingerprint density at radius 1 is 0.958 bits per heavy atom. The number of hydrogen-bond donors (Lipinski definition) is 1. The van der Waals surface area contributed by atoms with Gasteiger partial charge in [-0.05, 0) is 43.7 Å². The number of rotatable bonds is 4. The number of nitrogens with zero attached hydrogens (tertiary/aromatic N) is 1. The van der Waals surface area contributed by atoms with Crippen molar-refractivity contribution in [1.82, 2.24) is 10.2 Å². The highest BCUT2D eigenvalue weighted by atomic mass is 16.2. The Balaban J connectivity index is 1.42. The standard InChI is InChI=1S/C20H28N2O2/c23-19(15-16-7-3-1-4-8-16)22-13-11-18(12-14-22)21-20(24)17-9-5-2-6-10-17/h2,5-6,9-10,16,18H,1,3-4,7-8,11-15H2,(H,21,24). The van der Waals surface area contributed by atoms with Gasteiger partial charge in [0.15, 0.2) is 0 Å². The second kappa shape index (κ2) is 8.32. The van der Waals surface area contributed by atoms with E-state index in [9.17, 15) is 9.59 Å². The van der Waals surface area contributed by atoms with Gasteiger partial charge in [-0.2, -0.15) is 0 Å². The van der Waals surface area contributed by atoms with Gasteiger partial charge in [-0.25, -0.2) is 0 Å². The summed E-state index contributed by atoms with van der Waals surface area (Å²) >= 11 is 0. The van der Waals surface area contributed by atoms with Crippen LogP contribution in [0.5, 0.6) is 0 Å². The van der Waals surface area contributed by atoms with Gasteiger partial charge < -0.3 is 10.2 Å². The quantitative estimate of drug-likeness (QED) is 0.921. The molecule has 1 aromatic rings. The van der Waals surface area contributed by atoms with Gasteiger partial charge in [0, 0.05) is 31.1 Å². The second-order valence-corrected chi connectivity index (χ2v) is 7.20. The number of carbonyl (C=O) groups excluding carboxylic acids is 2. The van der Waals surface area contributed by atoms with E-state index in [1.54, 1.807) is 0 Å². The van der Waals surface area contributed by atoms with E-state index < -0.39 is 0 Å². The fraction of sp³-hybridized carbons (Fsp3) is 0.600. The molecule has 2 amide bonds. The molecule has 0 atom stereocenters. The van der Waals surface area contributed by atoms with Gasteiger partial charge in [0.1, 0.15) is 0 Å². The van der Waals surface area contributed by atoms with E-state index in [1.165, 1.54) is 32.1 Å². The molecule has 4 nitrogen and oxygen atoms in total. The molecular formula is C20H28N2O2. The SMILES string of the molecule is O=C(NC1CCN(C(=O)CC2CCCCC2)CC1)c1ccccc1. The largest absolute Gasteiger partial charge is 0.349 e. The average Bonchev–Trinajstić information content (AvgIpc) is 2.64. The molecule has 1 aliphatic carbocycles. The minimum atomic E-state index is -0.0115. The maximum absolute atomic E-state index is 12.5. The zero-order valence-electron chi connectivity index (χ0n) is 14.4. The first kappa shape index (κ1) is 17.0. The Morgan fingerprint density at radius 3 is 2.29 bits per heavy atom. The van der Waals surface area contributed by atoms with Crippen molar-refractivity contribution < 1.29 is 9.59 Å². The number of carbonyl (C=O) groups is 2. The summed E-state index contributed by atoms with van der Waals surface area (Å²) in [5, 5.41) is 3.10. The van der Waals surface area contributed by atoms with E-state index >= 15 is 0 Å². The predicted molar refractivity (Wildman–Crippen MR) is 94.7 cm³/mol. The van der Waals surface area contributed by atoms with Crippen molar-refractivity contribution >= 4 is 11.8 Å². The highest BCUT2D eigenvalue weighted by Gasteiger charge is 2.26. The topological polar surface area (TPSA) is 49.4 Å². The third-order valence-corrected chi connectivity index (χ3v) is 5.41. The number of benzene rings is 1. The number of likely N-dealkylation sites (tertiary alicyclic amines) is 1. The van der Waals surface area contributed by atoms with Gasteiger partial charge in [0.05, 0.1) is 0 Å². The molecule has 1 saturated heterocycles. The van der Waals surface area contributed by atoms with Gasteiger partial charge in [0.2, 0.25) is 5.91 Å². The first-order valence-corrected chi connectivity index (χ1v) is 9.36. The molecule has 1 aliphatic heterocycles. The molecule has 0 radical (unpaired) electrons. The minimum Gasteiger partial charge on any atom is -0.349 e. The van der Waals surface area contributed by atoms with Crippen LogP contribution in [-0.2, 0) is 4.79 Å². The Kier molecular flexibility index (Phi) is 5.89. The van der Waals surface area contributed by atoms with Crippen LogP contribution in [0.3, 0.4) is 0 Å². The van der Waals surface area contributed by atoms with Crippen LogP contribution in [0.2, 0.25) is 0 Å². The molecule has 130 valence electrons. The number of hydrogen-bond acceptors (Lipinski definition) is 2. The molecule has 2 aliphatic rings. The summed E-state index contributed by atoms with van der Waals surface area (Å²) in [6.07, 6.45) is 8.77. The van der Waals surface area contributed by atoms with Gasteiger partial charge in [-0.3, -0.25) is 9.59 Å². The Labute approximate surface area is 144 Å². The van der Waals surface area contributed by atoms with Crippen molar-refractivity contribution in [3.05, 3.63) is 35.9 Å². The van der Waals surface area contributed by atoms with Gasteiger partial charge in [0.25, 0.3) is 5.91 Å². The lowest BCUT2D eigenvalue weighted by atomic mass is 9.86. The number of amides is 2. The summed E-state index contributed by atoms with van der Waals surface area (Å²) in [6.45, 7) is 1.54. The Morgan fingerprint density at radius 2 is 1.62 bits per heavy atom. The van der Waals surface area contributed by atoms with Crippen LogP contribution in [0.25, 0.3) is 0 Å². The molecule has 1 N–H and O–H groups in total. The molecule has 1 saturated carbocycles. The lowest BCUT2D eigenvalue weighted by Crippen LogP contribution is -2.46. The van der Waals surface area contributed by atoms with Crippen LogP contribution in [0.4, 0.5) is 0 Å². The van der Waals surface area contributed by atoms with Crippen LogP contribution < -0.4 is 5.32 Å². The number of piperidine rings is 1. The highest BCUT2D eigenvalue weighted by Crippen LogP contribution is 2.27. The molecular weight excluding hydrogens is 300 g/mol. The molecule has 2 fully saturated rings. The monoisotopic (exact) mass is 328 g/mol. The second-order valence-electron chi connectivity index (χ2n) is 7.20. The normalized spacial score (nSPS) is 19.9. The van der Waals surface area contributed by atoms with Crippen molar-refractivity contribution in [1.29, 1.82) is 0 Å². The summed E-state index contributed by atoms with van der Waals surface area (Å²) < 4.78 is 0. The van der Waals surface area contributed by atoms with E-state index in [1.807, 2.05) is 35.2 Å². The molecule has 0 aromatic heterocycles. The van der Waals surface area contributed by atoms with Gasteiger partial charge >= 0.3 is 0 Å². The van der Waals surface area contributed by atoms with Gasteiger partial charge in [-0.15, -0.1) is 0 Å². The molecule has 0 unspecified atom stereocenters. The Bertz CT molecular complexity index is 544. The molecule has 1 aromatic carbocycles. The van der Waals surface area contributed by atoms with E-state index in [-0.39, 0.29) is 11.9 Å². The molecule has 3 rings (SSSR count). The molecule has 0 bridgehead atoms. The van der Waals surface area contributed by atoms with Gasteiger partial charge in [-0.1, -0.05) is 37.5 Å². The zero-order valence-corrected chi connectivity index (χ0v) is 14.4.